The van der Waals surface area contributed by atoms with Crippen LogP contribution in [0.5, 0.6) is 5.75 Å². The third kappa shape index (κ3) is 4.91. The van der Waals surface area contributed by atoms with Crippen LogP contribution in [0.25, 0.3) is 0 Å². The average Bonchev–Trinajstić information content (AvgIpc) is 3.01. The molecule has 7 heteroatoms. The van der Waals surface area contributed by atoms with Gasteiger partial charge in [-0.2, -0.15) is 0 Å². The lowest BCUT2D eigenvalue weighted by Crippen LogP contribution is -2.52. The summed E-state index contributed by atoms with van der Waals surface area (Å²) in [6, 6.07) is 6.50. The van der Waals surface area contributed by atoms with Crippen LogP contribution in [0.1, 0.15) is 26.2 Å². The number of sulfonamides is 1. The van der Waals surface area contributed by atoms with Gasteiger partial charge in [0.05, 0.1) is 23.6 Å². The summed E-state index contributed by atoms with van der Waals surface area (Å²) < 4.78 is 38.3. The van der Waals surface area contributed by atoms with Gasteiger partial charge in [-0.25, -0.2) is 13.1 Å². The summed E-state index contributed by atoms with van der Waals surface area (Å²) in [7, 11) is -1.91. The minimum absolute atomic E-state index is 0.243. The molecule has 2 N–H and O–H groups in total. The van der Waals surface area contributed by atoms with E-state index in [1.165, 1.54) is 0 Å². The van der Waals surface area contributed by atoms with E-state index in [9.17, 15) is 8.42 Å². The summed E-state index contributed by atoms with van der Waals surface area (Å²) in [5.41, 5.74) is -0.313. The summed E-state index contributed by atoms with van der Waals surface area (Å²) in [5, 5.41) is 3.36. The van der Waals surface area contributed by atoms with Gasteiger partial charge in [0.1, 0.15) is 5.75 Å². The highest BCUT2D eigenvalue weighted by molar-refractivity contribution is 7.89. The number of hydrogen-bond acceptors (Lipinski definition) is 5. The van der Waals surface area contributed by atoms with Crippen LogP contribution in [0.2, 0.25) is 0 Å². The summed E-state index contributed by atoms with van der Waals surface area (Å²) in [4.78, 5) is 0.243. The van der Waals surface area contributed by atoms with Gasteiger partial charge in [0.2, 0.25) is 10.0 Å². The van der Waals surface area contributed by atoms with Gasteiger partial charge in [0.25, 0.3) is 0 Å². The van der Waals surface area contributed by atoms with E-state index in [0.717, 1.165) is 25.8 Å². The maximum Gasteiger partial charge on any atom is 0.240 e. The predicted molar refractivity (Wildman–Crippen MR) is 89.3 cm³/mol. The second kappa shape index (κ2) is 8.10. The molecule has 6 nitrogen and oxygen atoms in total. The van der Waals surface area contributed by atoms with Crippen molar-refractivity contribution in [3.63, 3.8) is 0 Å². The van der Waals surface area contributed by atoms with Crippen molar-refractivity contribution >= 4 is 10.0 Å². The minimum atomic E-state index is -3.54. The van der Waals surface area contributed by atoms with Crippen molar-refractivity contribution in [3.8, 4) is 5.75 Å². The Kier molecular flexibility index (Phi) is 6.41. The van der Waals surface area contributed by atoms with Crippen LogP contribution in [0.15, 0.2) is 29.2 Å². The molecule has 0 saturated carbocycles. The molecular weight excluding hydrogens is 316 g/mol. The van der Waals surface area contributed by atoms with Crippen molar-refractivity contribution in [1.29, 1.82) is 0 Å². The van der Waals surface area contributed by atoms with Gasteiger partial charge in [-0.05, 0) is 50.1 Å². The zero-order chi connectivity index (χ0) is 16.8. The first kappa shape index (κ1) is 18.2. The Bertz CT molecular complexity index is 581. The van der Waals surface area contributed by atoms with Gasteiger partial charge in [0, 0.05) is 13.7 Å². The van der Waals surface area contributed by atoms with Crippen LogP contribution in [0.3, 0.4) is 0 Å². The van der Waals surface area contributed by atoms with E-state index < -0.39 is 10.0 Å². The number of rotatable bonds is 9. The average molecular weight is 342 g/mol. The van der Waals surface area contributed by atoms with Crippen LogP contribution < -0.4 is 14.8 Å². The highest BCUT2D eigenvalue weighted by atomic mass is 32.2. The zero-order valence-electron chi connectivity index (χ0n) is 13.8. The zero-order valence-corrected chi connectivity index (χ0v) is 14.6. The number of nitrogens with one attached hydrogen (secondary N) is 2. The van der Waals surface area contributed by atoms with Crippen LogP contribution in [0, 0.1) is 0 Å². The van der Waals surface area contributed by atoms with E-state index in [1.807, 2.05) is 6.92 Å². The molecule has 23 heavy (non-hydrogen) atoms. The molecule has 1 aromatic rings. The minimum Gasteiger partial charge on any atom is -0.494 e. The van der Waals surface area contributed by atoms with E-state index in [2.05, 4.69) is 10.0 Å². The second-order valence-electron chi connectivity index (χ2n) is 5.89. The monoisotopic (exact) mass is 342 g/mol. The van der Waals surface area contributed by atoms with E-state index in [4.69, 9.17) is 9.47 Å². The molecule has 1 aliphatic heterocycles. The molecule has 0 aromatic heterocycles. The molecule has 1 heterocycles. The van der Waals surface area contributed by atoms with Crippen LogP contribution in [-0.2, 0) is 14.8 Å². The molecule has 1 fully saturated rings. The molecule has 1 aromatic carbocycles. The molecule has 0 aliphatic carbocycles. The largest absolute Gasteiger partial charge is 0.494 e. The fraction of sp³-hybridized carbons (Fsp3) is 0.625. The van der Waals surface area contributed by atoms with Crippen LogP contribution in [0.4, 0.5) is 0 Å². The quantitative estimate of drug-likeness (QED) is 0.712. The summed E-state index contributed by atoms with van der Waals surface area (Å²) in [5.74, 6) is 0.680. The van der Waals surface area contributed by atoms with E-state index in [-0.39, 0.29) is 10.4 Å². The SMILES string of the molecule is CCCOc1ccc(S(=O)(=O)NCC2(COC)CCCN2)cc1. The standard InChI is InChI=1S/C16H26N2O4S/c1-3-11-22-14-5-7-15(8-6-14)23(19,20)18-12-16(13-21-2)9-4-10-17-16/h5-8,17-18H,3-4,9-13H2,1-2H3. The number of hydrogen-bond donors (Lipinski definition) is 2. The van der Waals surface area contributed by atoms with Crippen molar-refractivity contribution in [2.75, 3.05) is 33.4 Å². The van der Waals surface area contributed by atoms with Crippen molar-refractivity contribution in [3.05, 3.63) is 24.3 Å². The fourth-order valence-corrected chi connectivity index (χ4v) is 3.85. The molecule has 1 atom stereocenters. The van der Waals surface area contributed by atoms with Crippen molar-refractivity contribution < 1.29 is 17.9 Å². The lowest BCUT2D eigenvalue weighted by atomic mass is 9.99. The molecular formula is C16H26N2O4S. The smallest absolute Gasteiger partial charge is 0.240 e. The number of ether oxygens (including phenoxy) is 2. The third-order valence-electron chi connectivity index (χ3n) is 3.96. The van der Waals surface area contributed by atoms with Gasteiger partial charge >= 0.3 is 0 Å². The Morgan fingerprint density at radius 1 is 1.30 bits per heavy atom. The summed E-state index contributed by atoms with van der Waals surface area (Å²) >= 11 is 0. The number of methoxy groups -OCH3 is 1. The molecule has 0 radical (unpaired) electrons. The second-order valence-corrected chi connectivity index (χ2v) is 7.66. The molecule has 0 bridgehead atoms. The number of benzene rings is 1. The molecule has 2 rings (SSSR count). The lowest BCUT2D eigenvalue weighted by molar-refractivity contribution is 0.122. The molecule has 0 amide bonds. The van der Waals surface area contributed by atoms with Gasteiger partial charge in [0.15, 0.2) is 0 Å². The highest BCUT2D eigenvalue weighted by Gasteiger charge is 2.34. The first-order valence-electron chi connectivity index (χ1n) is 7.98. The molecule has 0 spiro atoms. The molecule has 130 valence electrons. The third-order valence-corrected chi connectivity index (χ3v) is 5.38. The Labute approximate surface area is 138 Å². The van der Waals surface area contributed by atoms with Gasteiger partial charge in [-0.1, -0.05) is 6.92 Å². The lowest BCUT2D eigenvalue weighted by Gasteiger charge is -2.28. The van der Waals surface area contributed by atoms with Gasteiger partial charge in [-0.3, -0.25) is 0 Å². The normalized spacial score (nSPS) is 21.5. The van der Waals surface area contributed by atoms with Crippen LogP contribution >= 0.6 is 0 Å². The fourth-order valence-electron chi connectivity index (χ4n) is 2.72. The summed E-state index contributed by atoms with van der Waals surface area (Å²) in [6.07, 6.45) is 2.83. The van der Waals surface area contributed by atoms with Gasteiger partial charge in [-0.15, -0.1) is 0 Å². The molecule has 1 unspecified atom stereocenters. The Balaban J connectivity index is 2.00. The van der Waals surface area contributed by atoms with Gasteiger partial charge < -0.3 is 14.8 Å². The maximum absolute atomic E-state index is 12.4. The van der Waals surface area contributed by atoms with Crippen molar-refractivity contribution in [1.82, 2.24) is 10.0 Å². The molecule has 1 saturated heterocycles. The molecule has 1 aliphatic rings. The van der Waals surface area contributed by atoms with Crippen molar-refractivity contribution in [2.45, 2.75) is 36.6 Å². The van der Waals surface area contributed by atoms with Crippen molar-refractivity contribution in [2.24, 2.45) is 0 Å². The van der Waals surface area contributed by atoms with E-state index in [0.29, 0.717) is 25.5 Å². The Hall–Kier alpha value is -1.15. The maximum atomic E-state index is 12.4. The summed E-state index contributed by atoms with van der Waals surface area (Å²) in [6.45, 7) is 4.33. The first-order valence-corrected chi connectivity index (χ1v) is 9.46. The van der Waals surface area contributed by atoms with Crippen LogP contribution in [-0.4, -0.2) is 47.4 Å². The predicted octanol–water partition coefficient (Wildman–Crippen LogP) is 1.52. The van der Waals surface area contributed by atoms with E-state index >= 15 is 0 Å². The first-order chi connectivity index (χ1) is 11.0. The topological polar surface area (TPSA) is 76.7 Å². The Morgan fingerprint density at radius 3 is 2.61 bits per heavy atom. The van der Waals surface area contributed by atoms with E-state index in [1.54, 1.807) is 31.4 Å². The highest BCUT2D eigenvalue weighted by Crippen LogP contribution is 2.21. The Morgan fingerprint density at radius 2 is 2.04 bits per heavy atom.